The molecule has 2 heterocycles. The van der Waals surface area contributed by atoms with E-state index in [2.05, 4.69) is 4.98 Å². The lowest BCUT2D eigenvalue weighted by Crippen LogP contribution is -2.24. The van der Waals surface area contributed by atoms with Crippen LogP contribution in [0.5, 0.6) is 5.75 Å². The predicted octanol–water partition coefficient (Wildman–Crippen LogP) is 3.88. The van der Waals surface area contributed by atoms with Crippen molar-refractivity contribution in [3.8, 4) is 5.75 Å². The lowest BCUT2D eigenvalue weighted by atomic mass is 10.1. The molecule has 0 saturated carbocycles. The zero-order chi connectivity index (χ0) is 15.9. The molecule has 1 atom stereocenters. The number of carbonyl (C=O) groups excluding carboxylic acids is 1. The number of rotatable bonds is 5. The molecule has 0 spiro atoms. The summed E-state index contributed by atoms with van der Waals surface area (Å²) < 4.78 is 11.3. The highest BCUT2D eigenvalue weighted by molar-refractivity contribution is 6.06. The zero-order valence-electron chi connectivity index (χ0n) is 12.9. The number of allylic oxidation sites excluding steroid dienone is 1. The minimum absolute atomic E-state index is 0.0611. The third kappa shape index (κ3) is 4.50. The summed E-state index contributed by atoms with van der Waals surface area (Å²) in [7, 11) is 0. The summed E-state index contributed by atoms with van der Waals surface area (Å²) in [5.41, 5.74) is 1.53. The summed E-state index contributed by atoms with van der Waals surface area (Å²) >= 11 is 0. The molecule has 1 unspecified atom stereocenters. The van der Waals surface area contributed by atoms with E-state index in [1.807, 2.05) is 24.3 Å². The fraction of sp³-hybridized carbons (Fsp3) is 0.263. The SMILES string of the molecule is O=C(C=Cc1ccc(OC2CCCCO2)cc1)c1cccnc1. The summed E-state index contributed by atoms with van der Waals surface area (Å²) in [4.78, 5) is 15.9. The van der Waals surface area contributed by atoms with E-state index in [0.29, 0.717) is 5.56 Å². The number of hydrogen-bond acceptors (Lipinski definition) is 4. The van der Waals surface area contributed by atoms with Gasteiger partial charge < -0.3 is 9.47 Å². The van der Waals surface area contributed by atoms with E-state index in [0.717, 1.165) is 37.2 Å². The van der Waals surface area contributed by atoms with Crippen molar-refractivity contribution in [3.05, 3.63) is 66.0 Å². The molecule has 4 nitrogen and oxygen atoms in total. The van der Waals surface area contributed by atoms with Gasteiger partial charge in [-0.2, -0.15) is 0 Å². The lowest BCUT2D eigenvalue weighted by Gasteiger charge is -2.23. The molecule has 1 fully saturated rings. The highest BCUT2D eigenvalue weighted by Gasteiger charge is 2.14. The predicted molar refractivity (Wildman–Crippen MR) is 88.3 cm³/mol. The van der Waals surface area contributed by atoms with E-state index in [-0.39, 0.29) is 12.1 Å². The van der Waals surface area contributed by atoms with Gasteiger partial charge in [0, 0.05) is 24.4 Å². The van der Waals surface area contributed by atoms with Crippen molar-refractivity contribution in [3.63, 3.8) is 0 Å². The number of ether oxygens (including phenoxy) is 2. The van der Waals surface area contributed by atoms with Crippen molar-refractivity contribution in [2.24, 2.45) is 0 Å². The maximum absolute atomic E-state index is 12.0. The number of aromatic nitrogens is 1. The molecule has 1 saturated heterocycles. The third-order valence-electron chi connectivity index (χ3n) is 3.66. The Hall–Kier alpha value is -2.46. The molecule has 3 rings (SSSR count). The number of carbonyl (C=O) groups is 1. The van der Waals surface area contributed by atoms with Crippen molar-refractivity contribution in [1.29, 1.82) is 0 Å². The first kappa shape index (κ1) is 15.4. The monoisotopic (exact) mass is 309 g/mol. The fourth-order valence-corrected chi connectivity index (χ4v) is 2.39. The molecule has 2 aromatic rings. The van der Waals surface area contributed by atoms with Crippen LogP contribution in [0.3, 0.4) is 0 Å². The average molecular weight is 309 g/mol. The van der Waals surface area contributed by atoms with Gasteiger partial charge in [-0.3, -0.25) is 9.78 Å². The molecule has 0 aliphatic carbocycles. The van der Waals surface area contributed by atoms with Crippen LogP contribution in [0.15, 0.2) is 54.9 Å². The molecule has 1 aromatic carbocycles. The molecule has 0 N–H and O–H groups in total. The van der Waals surface area contributed by atoms with Crippen molar-refractivity contribution >= 4 is 11.9 Å². The van der Waals surface area contributed by atoms with Gasteiger partial charge in [0.15, 0.2) is 12.1 Å². The van der Waals surface area contributed by atoms with Crippen molar-refractivity contribution in [2.75, 3.05) is 6.61 Å². The van der Waals surface area contributed by atoms with Crippen LogP contribution in [0.4, 0.5) is 0 Å². The van der Waals surface area contributed by atoms with Crippen LogP contribution in [-0.2, 0) is 4.74 Å². The highest BCUT2D eigenvalue weighted by atomic mass is 16.7. The Morgan fingerprint density at radius 2 is 2.09 bits per heavy atom. The van der Waals surface area contributed by atoms with E-state index < -0.39 is 0 Å². The first-order valence-electron chi connectivity index (χ1n) is 7.82. The van der Waals surface area contributed by atoms with Crippen LogP contribution >= 0.6 is 0 Å². The summed E-state index contributed by atoms with van der Waals surface area (Å²) in [5, 5.41) is 0. The smallest absolute Gasteiger partial charge is 0.199 e. The van der Waals surface area contributed by atoms with Gasteiger partial charge in [0.25, 0.3) is 0 Å². The number of hydrogen-bond donors (Lipinski definition) is 0. The summed E-state index contributed by atoms with van der Waals surface area (Å²) in [6.45, 7) is 0.766. The quantitative estimate of drug-likeness (QED) is 0.621. The Balaban J connectivity index is 1.58. The van der Waals surface area contributed by atoms with Crippen LogP contribution in [0.25, 0.3) is 6.08 Å². The van der Waals surface area contributed by atoms with E-state index >= 15 is 0 Å². The van der Waals surface area contributed by atoms with Gasteiger partial charge in [-0.05, 0) is 48.7 Å². The van der Waals surface area contributed by atoms with Gasteiger partial charge in [0.2, 0.25) is 0 Å². The van der Waals surface area contributed by atoms with Gasteiger partial charge in [-0.1, -0.05) is 18.2 Å². The van der Waals surface area contributed by atoms with Crippen molar-refractivity contribution in [1.82, 2.24) is 4.98 Å². The van der Waals surface area contributed by atoms with Gasteiger partial charge in [0.05, 0.1) is 6.61 Å². The Labute approximate surface area is 135 Å². The van der Waals surface area contributed by atoms with E-state index in [9.17, 15) is 4.79 Å². The number of benzene rings is 1. The second-order valence-corrected chi connectivity index (χ2v) is 5.42. The standard InChI is InChI=1S/C19H19NO3/c21-18(16-4-3-12-20-14-16)11-8-15-6-9-17(10-7-15)23-19-5-1-2-13-22-19/h3-4,6-12,14,19H,1-2,5,13H2. The first-order chi connectivity index (χ1) is 11.3. The number of pyridine rings is 1. The Bertz CT molecular complexity index is 659. The Kier molecular flexibility index (Phi) is 5.17. The minimum atomic E-state index is -0.141. The second kappa shape index (κ2) is 7.70. The molecule has 0 radical (unpaired) electrons. The van der Waals surface area contributed by atoms with Crippen LogP contribution in [0.1, 0.15) is 35.2 Å². The van der Waals surface area contributed by atoms with E-state index in [1.54, 1.807) is 36.7 Å². The molecule has 1 aliphatic rings. The molecule has 1 aromatic heterocycles. The van der Waals surface area contributed by atoms with Crippen LogP contribution in [0, 0.1) is 0 Å². The molecule has 0 bridgehead atoms. The Morgan fingerprint density at radius 3 is 2.78 bits per heavy atom. The largest absolute Gasteiger partial charge is 0.465 e. The highest BCUT2D eigenvalue weighted by Crippen LogP contribution is 2.20. The molecule has 1 aliphatic heterocycles. The van der Waals surface area contributed by atoms with Gasteiger partial charge >= 0.3 is 0 Å². The minimum Gasteiger partial charge on any atom is -0.465 e. The van der Waals surface area contributed by atoms with Gasteiger partial charge in [-0.25, -0.2) is 0 Å². The van der Waals surface area contributed by atoms with Crippen LogP contribution < -0.4 is 4.74 Å². The van der Waals surface area contributed by atoms with Gasteiger partial charge in [0.1, 0.15) is 5.75 Å². The maximum atomic E-state index is 12.0. The van der Waals surface area contributed by atoms with Crippen LogP contribution in [0.2, 0.25) is 0 Å². The normalized spacial score (nSPS) is 18.0. The zero-order valence-corrected chi connectivity index (χ0v) is 12.9. The summed E-state index contributed by atoms with van der Waals surface area (Å²) in [6, 6.07) is 11.1. The second-order valence-electron chi connectivity index (χ2n) is 5.42. The molecule has 4 heteroatoms. The molecular weight excluding hydrogens is 290 g/mol. The molecule has 23 heavy (non-hydrogen) atoms. The van der Waals surface area contributed by atoms with Gasteiger partial charge in [-0.15, -0.1) is 0 Å². The summed E-state index contributed by atoms with van der Waals surface area (Å²) in [5.74, 6) is 0.724. The number of nitrogens with zero attached hydrogens (tertiary/aromatic N) is 1. The topological polar surface area (TPSA) is 48.4 Å². The molecule has 0 amide bonds. The van der Waals surface area contributed by atoms with Crippen molar-refractivity contribution in [2.45, 2.75) is 25.6 Å². The number of ketones is 1. The third-order valence-corrected chi connectivity index (χ3v) is 3.66. The fourth-order valence-electron chi connectivity index (χ4n) is 2.39. The Morgan fingerprint density at radius 1 is 1.22 bits per heavy atom. The first-order valence-corrected chi connectivity index (χ1v) is 7.82. The maximum Gasteiger partial charge on any atom is 0.199 e. The van der Waals surface area contributed by atoms with E-state index in [1.165, 1.54) is 0 Å². The van der Waals surface area contributed by atoms with Crippen molar-refractivity contribution < 1.29 is 14.3 Å². The average Bonchev–Trinajstić information content (AvgIpc) is 2.62. The molecular formula is C19H19NO3. The van der Waals surface area contributed by atoms with E-state index in [4.69, 9.17) is 9.47 Å². The van der Waals surface area contributed by atoms with Crippen LogP contribution in [-0.4, -0.2) is 23.7 Å². The summed E-state index contributed by atoms with van der Waals surface area (Å²) in [6.07, 6.45) is 9.59. The lowest BCUT2D eigenvalue weighted by molar-refractivity contribution is -0.105. The molecule has 118 valence electrons.